The molecule has 0 aromatic heterocycles. The second-order valence-electron chi connectivity index (χ2n) is 4.03. The van der Waals surface area contributed by atoms with Gasteiger partial charge in [-0.3, -0.25) is 9.59 Å². The Hall–Kier alpha value is -1.79. The average molecular weight is 302 g/mol. The molecule has 20 heavy (non-hydrogen) atoms. The van der Waals surface area contributed by atoms with Gasteiger partial charge in [-0.2, -0.15) is 0 Å². The summed E-state index contributed by atoms with van der Waals surface area (Å²) in [6.45, 7) is 1.87. The number of nitrogens with one attached hydrogen (secondary N) is 2. The molecule has 0 bridgehead atoms. The lowest BCUT2D eigenvalue weighted by Gasteiger charge is -2.13. The number of rotatable bonds is 6. The van der Waals surface area contributed by atoms with Crippen LogP contribution in [0.3, 0.4) is 0 Å². The molecular weight excluding hydrogens is 282 g/mol. The van der Waals surface area contributed by atoms with Crippen molar-refractivity contribution < 1.29 is 14.3 Å². The Morgan fingerprint density at radius 3 is 2.50 bits per heavy atom. The summed E-state index contributed by atoms with van der Waals surface area (Å²) < 4.78 is 5.09. The van der Waals surface area contributed by atoms with Crippen LogP contribution in [0.1, 0.15) is 19.8 Å². The molecule has 0 aliphatic carbocycles. The van der Waals surface area contributed by atoms with Gasteiger partial charge in [0.15, 0.2) is 0 Å². The van der Waals surface area contributed by atoms with Crippen molar-refractivity contribution in [1.82, 2.24) is 0 Å². The summed E-state index contributed by atoms with van der Waals surface area (Å²) in [4.78, 5) is 22.8. The van der Waals surface area contributed by atoms with Crippen molar-refractivity contribution in [3.8, 4) is 5.75 Å². The third-order valence-electron chi connectivity index (χ3n) is 2.42. The van der Waals surface area contributed by atoms with E-state index in [1.165, 1.54) is 14.0 Å². The van der Waals surface area contributed by atoms with Crippen molar-refractivity contribution in [3.05, 3.63) is 18.2 Å². The monoisotopic (exact) mass is 301 g/mol. The summed E-state index contributed by atoms with van der Waals surface area (Å²) in [5.74, 6) is 0.246. The van der Waals surface area contributed by atoms with Crippen molar-refractivity contribution in [2.24, 2.45) is 5.73 Å². The van der Waals surface area contributed by atoms with Crippen LogP contribution in [-0.4, -0.2) is 25.5 Å². The summed E-state index contributed by atoms with van der Waals surface area (Å²) in [6.07, 6.45) is 0.957. The second-order valence-corrected chi connectivity index (χ2v) is 4.03. The average Bonchev–Trinajstić information content (AvgIpc) is 2.37. The van der Waals surface area contributed by atoms with E-state index < -0.39 is 0 Å². The third kappa shape index (κ3) is 5.90. The summed E-state index contributed by atoms with van der Waals surface area (Å²) in [7, 11) is 1.54. The van der Waals surface area contributed by atoms with E-state index in [-0.39, 0.29) is 24.2 Å². The Morgan fingerprint density at radius 1 is 1.25 bits per heavy atom. The van der Waals surface area contributed by atoms with E-state index in [1.807, 2.05) is 0 Å². The normalized spacial score (nSPS) is 9.35. The van der Waals surface area contributed by atoms with Gasteiger partial charge in [0.1, 0.15) is 5.75 Å². The summed E-state index contributed by atoms with van der Waals surface area (Å²) in [6, 6.07) is 5.05. The molecule has 0 saturated heterocycles. The minimum atomic E-state index is -0.206. The van der Waals surface area contributed by atoms with E-state index in [1.54, 1.807) is 18.2 Å². The lowest BCUT2D eigenvalue weighted by atomic mass is 10.2. The maximum atomic E-state index is 11.7. The number of nitrogens with two attached hydrogens (primary N) is 1. The fourth-order valence-electron chi connectivity index (χ4n) is 1.53. The Balaban J connectivity index is 0.00000361. The molecule has 0 spiro atoms. The number of benzene rings is 1. The van der Waals surface area contributed by atoms with Gasteiger partial charge in [0.05, 0.1) is 18.5 Å². The Kier molecular flexibility index (Phi) is 8.35. The highest BCUT2D eigenvalue weighted by Gasteiger charge is 2.09. The van der Waals surface area contributed by atoms with Crippen LogP contribution in [0.4, 0.5) is 11.4 Å². The van der Waals surface area contributed by atoms with Crippen molar-refractivity contribution >= 4 is 35.6 Å². The van der Waals surface area contributed by atoms with Crippen LogP contribution in [-0.2, 0) is 9.59 Å². The van der Waals surface area contributed by atoms with E-state index in [2.05, 4.69) is 10.6 Å². The van der Waals surface area contributed by atoms with Gasteiger partial charge in [0.2, 0.25) is 11.8 Å². The zero-order chi connectivity index (χ0) is 14.3. The van der Waals surface area contributed by atoms with E-state index in [0.717, 1.165) is 0 Å². The van der Waals surface area contributed by atoms with Crippen molar-refractivity contribution in [1.29, 1.82) is 0 Å². The van der Waals surface area contributed by atoms with Gasteiger partial charge in [-0.1, -0.05) is 0 Å². The molecule has 0 saturated carbocycles. The van der Waals surface area contributed by atoms with Crippen molar-refractivity contribution in [2.75, 3.05) is 24.3 Å². The van der Waals surface area contributed by atoms with Gasteiger partial charge < -0.3 is 21.1 Å². The van der Waals surface area contributed by atoms with Crippen LogP contribution in [0.15, 0.2) is 18.2 Å². The number of carbonyl (C=O) groups is 2. The number of ether oxygens (including phenoxy) is 1. The SMILES string of the molecule is COc1ccc(NC(C)=O)c(NC(=O)CCCN)c1.Cl. The number of methoxy groups -OCH3 is 1. The predicted molar refractivity (Wildman–Crippen MR) is 81.5 cm³/mol. The van der Waals surface area contributed by atoms with E-state index in [9.17, 15) is 9.59 Å². The van der Waals surface area contributed by atoms with Crippen LogP contribution in [0, 0.1) is 0 Å². The van der Waals surface area contributed by atoms with Gasteiger partial charge >= 0.3 is 0 Å². The summed E-state index contributed by atoms with van der Waals surface area (Å²) in [5.41, 5.74) is 6.40. The minimum absolute atomic E-state index is 0. The molecule has 0 fully saturated rings. The molecule has 0 atom stereocenters. The fraction of sp³-hybridized carbons (Fsp3) is 0.385. The van der Waals surface area contributed by atoms with Gasteiger partial charge in [0.25, 0.3) is 0 Å². The molecule has 0 heterocycles. The van der Waals surface area contributed by atoms with Crippen LogP contribution in [0.2, 0.25) is 0 Å². The molecule has 1 aromatic carbocycles. The first-order valence-electron chi connectivity index (χ1n) is 6.02. The first-order chi connectivity index (χ1) is 9.06. The number of carbonyl (C=O) groups excluding carboxylic acids is 2. The number of halogens is 1. The summed E-state index contributed by atoms with van der Waals surface area (Å²) in [5, 5.41) is 5.39. The first kappa shape index (κ1) is 18.2. The Morgan fingerprint density at radius 2 is 1.95 bits per heavy atom. The first-order valence-corrected chi connectivity index (χ1v) is 6.02. The molecule has 112 valence electrons. The quantitative estimate of drug-likeness (QED) is 0.746. The van der Waals surface area contributed by atoms with Crippen LogP contribution in [0.5, 0.6) is 5.75 Å². The van der Waals surface area contributed by atoms with Crippen LogP contribution < -0.4 is 21.1 Å². The van der Waals surface area contributed by atoms with Gasteiger partial charge in [-0.25, -0.2) is 0 Å². The standard InChI is InChI=1S/C13H19N3O3.ClH/c1-9(17)15-11-6-5-10(19-2)8-12(11)16-13(18)4-3-7-14;/h5-6,8H,3-4,7,14H2,1-2H3,(H,15,17)(H,16,18);1H. The molecule has 0 aliphatic heterocycles. The van der Waals surface area contributed by atoms with Crippen LogP contribution >= 0.6 is 12.4 Å². The van der Waals surface area contributed by atoms with Crippen molar-refractivity contribution in [3.63, 3.8) is 0 Å². The lowest BCUT2D eigenvalue weighted by molar-refractivity contribution is -0.116. The lowest BCUT2D eigenvalue weighted by Crippen LogP contribution is -2.16. The zero-order valence-electron chi connectivity index (χ0n) is 11.6. The van der Waals surface area contributed by atoms with Gasteiger partial charge in [-0.05, 0) is 25.1 Å². The molecule has 4 N–H and O–H groups in total. The highest BCUT2D eigenvalue weighted by molar-refractivity contribution is 5.99. The predicted octanol–water partition coefficient (Wildman–Crippen LogP) is 1.75. The number of hydrogen-bond donors (Lipinski definition) is 3. The molecule has 1 aromatic rings. The maximum Gasteiger partial charge on any atom is 0.224 e. The number of anilines is 2. The molecule has 0 aliphatic rings. The zero-order valence-corrected chi connectivity index (χ0v) is 12.4. The second kappa shape index (κ2) is 9.17. The van der Waals surface area contributed by atoms with Gasteiger partial charge in [0, 0.05) is 19.4 Å². The fourth-order valence-corrected chi connectivity index (χ4v) is 1.53. The topological polar surface area (TPSA) is 93.5 Å². The van der Waals surface area contributed by atoms with Crippen molar-refractivity contribution in [2.45, 2.75) is 19.8 Å². The highest BCUT2D eigenvalue weighted by atomic mass is 35.5. The van der Waals surface area contributed by atoms with Crippen LogP contribution in [0.25, 0.3) is 0 Å². The summed E-state index contributed by atoms with van der Waals surface area (Å²) >= 11 is 0. The number of hydrogen-bond acceptors (Lipinski definition) is 4. The van der Waals surface area contributed by atoms with E-state index in [0.29, 0.717) is 36.5 Å². The molecule has 2 amide bonds. The molecule has 0 unspecified atom stereocenters. The highest BCUT2D eigenvalue weighted by Crippen LogP contribution is 2.27. The smallest absolute Gasteiger partial charge is 0.224 e. The maximum absolute atomic E-state index is 11.7. The minimum Gasteiger partial charge on any atom is -0.497 e. The largest absolute Gasteiger partial charge is 0.497 e. The van der Waals surface area contributed by atoms with E-state index >= 15 is 0 Å². The molecule has 6 nitrogen and oxygen atoms in total. The molecule has 7 heteroatoms. The molecule has 1 rings (SSSR count). The molecular formula is C13H20ClN3O3. The molecule has 0 radical (unpaired) electrons. The van der Waals surface area contributed by atoms with Gasteiger partial charge in [-0.15, -0.1) is 12.4 Å². The Labute approximate surface area is 124 Å². The van der Waals surface area contributed by atoms with E-state index in [4.69, 9.17) is 10.5 Å². The number of amides is 2. The third-order valence-corrected chi connectivity index (χ3v) is 2.42. The Bertz CT molecular complexity index is 466.